The number of para-hydroxylation sites is 3. The second kappa shape index (κ2) is 13.5. The Morgan fingerprint density at radius 3 is 2.05 bits per heavy atom. The van der Waals surface area contributed by atoms with Crippen molar-refractivity contribution in [2.75, 3.05) is 18.1 Å². The Balaban J connectivity index is 1.45. The summed E-state index contributed by atoms with van der Waals surface area (Å²) in [4.78, 5) is 34.2. The van der Waals surface area contributed by atoms with Crippen molar-refractivity contribution < 1.29 is 19.1 Å². The molecule has 0 bridgehead atoms. The van der Waals surface area contributed by atoms with Crippen LogP contribution in [0.2, 0.25) is 0 Å². The van der Waals surface area contributed by atoms with E-state index in [1.54, 1.807) is 37.3 Å². The van der Waals surface area contributed by atoms with E-state index in [0.717, 1.165) is 35.5 Å². The number of rotatable bonds is 10. The number of nitrogens with zero attached hydrogens (tertiary/aromatic N) is 3. The number of carbonyl (C=O) groups excluding carboxylic acids is 2. The summed E-state index contributed by atoms with van der Waals surface area (Å²) in [6, 6.07) is 35.3. The Morgan fingerprint density at radius 2 is 1.43 bits per heavy atom. The summed E-state index contributed by atoms with van der Waals surface area (Å²) >= 11 is 0. The van der Waals surface area contributed by atoms with E-state index in [0.29, 0.717) is 17.8 Å². The molecule has 1 aliphatic heterocycles. The lowest BCUT2D eigenvalue weighted by molar-refractivity contribution is -0.122. The van der Waals surface area contributed by atoms with Crippen LogP contribution in [-0.2, 0) is 14.3 Å². The van der Waals surface area contributed by atoms with Gasteiger partial charge in [0.1, 0.15) is 0 Å². The first-order valence-electron chi connectivity index (χ1n) is 14.2. The molecule has 0 aromatic heterocycles. The molecule has 0 N–H and O–H groups in total. The molecule has 4 aromatic rings. The van der Waals surface area contributed by atoms with E-state index in [9.17, 15) is 9.59 Å². The molecule has 0 unspecified atom stereocenters. The molecule has 0 spiro atoms. The van der Waals surface area contributed by atoms with Crippen LogP contribution in [0.4, 0.5) is 22.7 Å². The van der Waals surface area contributed by atoms with Gasteiger partial charge in [0.2, 0.25) is 0 Å². The average molecular weight is 560 g/mol. The van der Waals surface area contributed by atoms with Crippen LogP contribution in [0.1, 0.15) is 42.6 Å². The average Bonchev–Trinajstić information content (AvgIpc) is 3.31. The summed E-state index contributed by atoms with van der Waals surface area (Å²) < 4.78 is 11.2. The molecule has 0 radical (unpaired) electrons. The van der Waals surface area contributed by atoms with Crippen LogP contribution in [0, 0.1) is 0 Å². The van der Waals surface area contributed by atoms with E-state index < -0.39 is 5.97 Å². The minimum absolute atomic E-state index is 0.146. The van der Waals surface area contributed by atoms with E-state index in [4.69, 9.17) is 9.47 Å². The zero-order valence-electron chi connectivity index (χ0n) is 23.8. The fourth-order valence-corrected chi connectivity index (χ4v) is 4.63. The van der Waals surface area contributed by atoms with Gasteiger partial charge in [0, 0.05) is 23.6 Å². The van der Waals surface area contributed by atoms with Crippen LogP contribution in [0.3, 0.4) is 0 Å². The van der Waals surface area contributed by atoms with Crippen molar-refractivity contribution in [3.8, 4) is 0 Å². The number of amides is 1. The maximum atomic E-state index is 13.4. The Bertz CT molecular complexity index is 1540. The SMILES string of the molecule is CCCCN1C(=O)C(=Cc2ccc(N(c3ccccc3)c3ccccc3)cc2)OC1=Nc1ccccc1C(=O)OCC. The number of unbranched alkanes of at least 4 members (excludes halogenated alkanes) is 1. The quantitative estimate of drug-likeness (QED) is 0.145. The van der Waals surface area contributed by atoms with Gasteiger partial charge < -0.3 is 14.4 Å². The van der Waals surface area contributed by atoms with Gasteiger partial charge in [-0.2, -0.15) is 4.99 Å². The number of anilines is 3. The van der Waals surface area contributed by atoms with Crippen LogP contribution in [0.15, 0.2) is 120 Å². The summed E-state index contributed by atoms with van der Waals surface area (Å²) in [7, 11) is 0. The predicted octanol–water partition coefficient (Wildman–Crippen LogP) is 8.02. The summed E-state index contributed by atoms with van der Waals surface area (Å²) in [6.07, 6.45) is 3.40. The van der Waals surface area contributed by atoms with E-state index in [2.05, 4.69) is 41.1 Å². The zero-order valence-corrected chi connectivity index (χ0v) is 23.8. The first-order valence-corrected chi connectivity index (χ1v) is 14.2. The zero-order chi connectivity index (χ0) is 29.3. The Morgan fingerprint density at radius 1 is 0.833 bits per heavy atom. The number of benzene rings is 4. The van der Waals surface area contributed by atoms with Gasteiger partial charge in [-0.3, -0.25) is 9.69 Å². The van der Waals surface area contributed by atoms with Crippen molar-refractivity contribution >= 4 is 46.7 Å². The van der Waals surface area contributed by atoms with Gasteiger partial charge >= 0.3 is 12.0 Å². The molecule has 1 aliphatic rings. The van der Waals surface area contributed by atoms with E-state index in [-0.39, 0.29) is 24.3 Å². The fraction of sp³-hybridized carbons (Fsp3) is 0.171. The van der Waals surface area contributed by atoms with Gasteiger partial charge in [-0.05, 0) is 73.5 Å². The number of esters is 1. The molecule has 212 valence electrons. The number of carbonyl (C=O) groups is 2. The van der Waals surface area contributed by atoms with Crippen molar-refractivity contribution in [3.05, 3.63) is 126 Å². The summed E-state index contributed by atoms with van der Waals surface area (Å²) in [6.45, 7) is 4.51. The summed E-state index contributed by atoms with van der Waals surface area (Å²) in [5, 5.41) is 0. The van der Waals surface area contributed by atoms with Gasteiger partial charge in [0.15, 0.2) is 5.76 Å². The molecule has 42 heavy (non-hydrogen) atoms. The molecule has 1 saturated heterocycles. The number of hydrogen-bond acceptors (Lipinski definition) is 6. The van der Waals surface area contributed by atoms with Gasteiger partial charge in [-0.1, -0.05) is 74.0 Å². The number of ether oxygens (including phenoxy) is 2. The Hall–Kier alpha value is -5.17. The fourth-order valence-electron chi connectivity index (χ4n) is 4.63. The number of aliphatic imine (C=N–C) groups is 1. The highest BCUT2D eigenvalue weighted by atomic mass is 16.5. The van der Waals surface area contributed by atoms with E-state index in [1.807, 2.05) is 60.7 Å². The molecular weight excluding hydrogens is 526 g/mol. The first-order chi connectivity index (χ1) is 20.6. The van der Waals surface area contributed by atoms with Crippen molar-refractivity contribution in [3.63, 3.8) is 0 Å². The van der Waals surface area contributed by atoms with Crippen LogP contribution in [-0.4, -0.2) is 35.9 Å². The second-order valence-electron chi connectivity index (χ2n) is 9.65. The van der Waals surface area contributed by atoms with Crippen LogP contribution in [0.25, 0.3) is 6.08 Å². The Labute approximate surface area is 246 Å². The number of amidine groups is 1. The third kappa shape index (κ3) is 6.41. The first kappa shape index (κ1) is 28.4. The molecule has 0 atom stereocenters. The third-order valence-corrected chi connectivity index (χ3v) is 6.72. The smallest absolute Gasteiger partial charge is 0.340 e. The molecule has 1 heterocycles. The lowest BCUT2D eigenvalue weighted by atomic mass is 10.1. The predicted molar refractivity (Wildman–Crippen MR) is 166 cm³/mol. The van der Waals surface area contributed by atoms with Gasteiger partial charge in [-0.25, -0.2) is 4.79 Å². The highest BCUT2D eigenvalue weighted by Crippen LogP contribution is 2.34. The van der Waals surface area contributed by atoms with E-state index in [1.165, 1.54) is 4.90 Å². The minimum Gasteiger partial charge on any atom is -0.462 e. The Kier molecular flexibility index (Phi) is 9.09. The molecule has 1 fully saturated rings. The van der Waals surface area contributed by atoms with Crippen LogP contribution < -0.4 is 4.90 Å². The highest BCUT2D eigenvalue weighted by Gasteiger charge is 2.34. The monoisotopic (exact) mass is 559 g/mol. The largest absolute Gasteiger partial charge is 0.462 e. The van der Waals surface area contributed by atoms with Crippen LogP contribution in [0.5, 0.6) is 0 Å². The van der Waals surface area contributed by atoms with Gasteiger partial charge in [-0.15, -0.1) is 0 Å². The molecule has 1 amide bonds. The van der Waals surface area contributed by atoms with Gasteiger partial charge in [0.05, 0.1) is 17.9 Å². The maximum absolute atomic E-state index is 13.4. The summed E-state index contributed by atoms with van der Waals surface area (Å²) in [5.41, 5.74) is 4.57. The highest BCUT2D eigenvalue weighted by molar-refractivity contribution is 6.12. The number of hydrogen-bond donors (Lipinski definition) is 0. The van der Waals surface area contributed by atoms with Gasteiger partial charge in [0.25, 0.3) is 5.91 Å². The molecule has 0 saturated carbocycles. The molecule has 7 heteroatoms. The van der Waals surface area contributed by atoms with Crippen molar-refractivity contribution in [2.24, 2.45) is 4.99 Å². The van der Waals surface area contributed by atoms with Crippen molar-refractivity contribution in [2.45, 2.75) is 26.7 Å². The minimum atomic E-state index is -0.474. The standard InChI is InChI=1S/C35H33N3O4/c1-3-5-24-37-33(39)32(42-35(37)36-31-19-13-12-18-30(31)34(40)41-4-2)25-26-20-22-29(23-21-26)38(27-14-8-6-9-15-27)28-16-10-7-11-17-28/h6-23,25H,3-5,24H2,1-2H3. The van der Waals surface area contributed by atoms with Crippen LogP contribution >= 0.6 is 0 Å². The maximum Gasteiger partial charge on any atom is 0.340 e. The lowest BCUT2D eigenvalue weighted by Crippen LogP contribution is -2.30. The molecule has 5 rings (SSSR count). The molecular formula is C35H33N3O4. The van der Waals surface area contributed by atoms with Crippen molar-refractivity contribution in [1.82, 2.24) is 4.90 Å². The molecule has 0 aliphatic carbocycles. The second-order valence-corrected chi connectivity index (χ2v) is 9.65. The van der Waals surface area contributed by atoms with E-state index >= 15 is 0 Å². The normalized spacial score (nSPS) is 14.7. The molecule has 4 aromatic carbocycles. The van der Waals surface area contributed by atoms with Crippen molar-refractivity contribution in [1.29, 1.82) is 0 Å². The lowest BCUT2D eigenvalue weighted by Gasteiger charge is -2.25. The molecule has 7 nitrogen and oxygen atoms in total. The third-order valence-electron chi connectivity index (χ3n) is 6.72. The topological polar surface area (TPSA) is 71.4 Å². The summed E-state index contributed by atoms with van der Waals surface area (Å²) in [5.74, 6) is -0.568.